The maximum absolute atomic E-state index is 6.10. The summed E-state index contributed by atoms with van der Waals surface area (Å²) < 4.78 is 4.13. The van der Waals surface area contributed by atoms with E-state index < -0.39 is 0 Å². The second-order valence-electron chi connectivity index (χ2n) is 5.00. The molecule has 1 aromatic carbocycles. The van der Waals surface area contributed by atoms with E-state index in [1.54, 1.807) is 0 Å². The van der Waals surface area contributed by atoms with Gasteiger partial charge in [0.25, 0.3) is 0 Å². The SMILES string of the molecule is Cc1nc(N)c2c(C)c(C)n(-c3cc(Br)ccc3Br)c2n1. The van der Waals surface area contributed by atoms with Crippen LogP contribution in [0, 0.1) is 20.8 Å². The highest BCUT2D eigenvalue weighted by molar-refractivity contribution is 9.11. The van der Waals surface area contributed by atoms with E-state index in [1.807, 2.05) is 19.1 Å². The Bertz CT molecular complexity index is 868. The standard InChI is InChI=1S/C15H14Br2N4/c1-7-8(2)21(12-6-10(16)4-5-11(12)17)15-13(7)14(18)19-9(3)20-15/h4-6H,1-3H3,(H2,18,19,20). The number of aromatic nitrogens is 3. The molecule has 21 heavy (non-hydrogen) atoms. The Balaban J connectivity index is 2.48. The minimum atomic E-state index is 0.531. The van der Waals surface area contributed by atoms with Crippen LogP contribution in [0.15, 0.2) is 27.1 Å². The van der Waals surface area contributed by atoms with E-state index in [1.165, 1.54) is 0 Å². The number of nitrogen functional groups attached to an aromatic ring is 1. The van der Waals surface area contributed by atoms with Crippen molar-refractivity contribution in [1.82, 2.24) is 14.5 Å². The van der Waals surface area contributed by atoms with Crippen molar-refractivity contribution in [3.05, 3.63) is 44.2 Å². The lowest BCUT2D eigenvalue weighted by Crippen LogP contribution is -2.02. The summed E-state index contributed by atoms with van der Waals surface area (Å²) in [6.45, 7) is 5.97. The molecule has 0 aliphatic carbocycles. The lowest BCUT2D eigenvalue weighted by molar-refractivity contribution is 0.990. The van der Waals surface area contributed by atoms with Crippen LogP contribution in [0.25, 0.3) is 16.7 Å². The number of halogens is 2. The molecule has 3 aromatic rings. The summed E-state index contributed by atoms with van der Waals surface area (Å²) in [6, 6.07) is 6.07. The zero-order valence-electron chi connectivity index (χ0n) is 11.9. The van der Waals surface area contributed by atoms with Crippen molar-refractivity contribution in [1.29, 1.82) is 0 Å². The molecular formula is C15H14Br2N4. The van der Waals surface area contributed by atoms with Crippen LogP contribution in [0.1, 0.15) is 17.1 Å². The minimum absolute atomic E-state index is 0.531. The maximum Gasteiger partial charge on any atom is 0.150 e. The van der Waals surface area contributed by atoms with E-state index in [2.05, 4.69) is 66.3 Å². The molecule has 0 fully saturated rings. The van der Waals surface area contributed by atoms with Crippen LogP contribution in [0.3, 0.4) is 0 Å². The van der Waals surface area contributed by atoms with E-state index >= 15 is 0 Å². The molecule has 0 atom stereocenters. The fraction of sp³-hybridized carbons (Fsp3) is 0.200. The molecule has 2 N–H and O–H groups in total. The highest BCUT2D eigenvalue weighted by Gasteiger charge is 2.18. The summed E-state index contributed by atoms with van der Waals surface area (Å²) in [5, 5.41) is 0.921. The molecule has 6 heteroatoms. The third kappa shape index (κ3) is 2.26. The zero-order valence-corrected chi connectivity index (χ0v) is 15.1. The fourth-order valence-corrected chi connectivity index (χ4v) is 3.33. The van der Waals surface area contributed by atoms with Crippen molar-refractivity contribution in [3.8, 4) is 5.69 Å². The Morgan fingerprint density at radius 3 is 2.52 bits per heavy atom. The lowest BCUT2D eigenvalue weighted by Gasteiger charge is -2.11. The predicted octanol–water partition coefficient (Wildman–Crippen LogP) is 4.45. The van der Waals surface area contributed by atoms with Gasteiger partial charge in [-0.05, 0) is 60.5 Å². The first-order valence-electron chi connectivity index (χ1n) is 6.47. The normalized spacial score (nSPS) is 11.3. The smallest absolute Gasteiger partial charge is 0.150 e. The van der Waals surface area contributed by atoms with Gasteiger partial charge in [0.15, 0.2) is 5.65 Å². The number of hydrogen-bond donors (Lipinski definition) is 1. The van der Waals surface area contributed by atoms with Gasteiger partial charge in [0, 0.05) is 14.6 Å². The molecule has 0 unspecified atom stereocenters. The quantitative estimate of drug-likeness (QED) is 0.645. The van der Waals surface area contributed by atoms with Gasteiger partial charge in [-0.1, -0.05) is 15.9 Å². The third-order valence-electron chi connectivity index (χ3n) is 3.64. The number of hydrogen-bond acceptors (Lipinski definition) is 3. The first-order valence-corrected chi connectivity index (χ1v) is 8.06. The second-order valence-corrected chi connectivity index (χ2v) is 6.77. The van der Waals surface area contributed by atoms with Gasteiger partial charge < -0.3 is 5.73 Å². The van der Waals surface area contributed by atoms with Crippen LogP contribution in [-0.4, -0.2) is 14.5 Å². The highest BCUT2D eigenvalue weighted by atomic mass is 79.9. The Hall–Kier alpha value is -1.40. The third-order valence-corrected chi connectivity index (χ3v) is 4.81. The van der Waals surface area contributed by atoms with Crippen LogP contribution >= 0.6 is 31.9 Å². The fourth-order valence-electron chi connectivity index (χ4n) is 2.56. The van der Waals surface area contributed by atoms with E-state index in [4.69, 9.17) is 5.73 Å². The number of nitrogens with zero attached hydrogens (tertiary/aromatic N) is 3. The molecule has 0 bridgehead atoms. The topological polar surface area (TPSA) is 56.7 Å². The molecule has 0 spiro atoms. The van der Waals surface area contributed by atoms with Gasteiger partial charge in [-0.15, -0.1) is 0 Å². The number of benzene rings is 1. The van der Waals surface area contributed by atoms with Gasteiger partial charge in [0.05, 0.1) is 11.1 Å². The molecule has 0 saturated carbocycles. The van der Waals surface area contributed by atoms with Crippen LogP contribution in [0.2, 0.25) is 0 Å². The van der Waals surface area contributed by atoms with E-state index in [9.17, 15) is 0 Å². The summed E-state index contributed by atoms with van der Waals surface area (Å²) in [5.41, 5.74) is 10.2. The van der Waals surface area contributed by atoms with E-state index in [0.717, 1.165) is 36.9 Å². The average molecular weight is 410 g/mol. The predicted molar refractivity (Wildman–Crippen MR) is 92.9 cm³/mol. The van der Waals surface area contributed by atoms with Crippen LogP contribution in [0.4, 0.5) is 5.82 Å². The van der Waals surface area contributed by atoms with E-state index in [-0.39, 0.29) is 0 Å². The maximum atomic E-state index is 6.10. The molecular weight excluding hydrogens is 396 g/mol. The first kappa shape index (κ1) is 14.5. The van der Waals surface area contributed by atoms with Gasteiger partial charge in [0.1, 0.15) is 11.6 Å². The number of nitrogens with two attached hydrogens (primary N) is 1. The summed E-state index contributed by atoms with van der Waals surface area (Å²) in [6.07, 6.45) is 0. The highest BCUT2D eigenvalue weighted by Crippen LogP contribution is 2.34. The number of anilines is 1. The summed E-state index contributed by atoms with van der Waals surface area (Å²) >= 11 is 7.14. The minimum Gasteiger partial charge on any atom is -0.383 e. The second kappa shape index (κ2) is 5.10. The van der Waals surface area contributed by atoms with Gasteiger partial charge >= 0.3 is 0 Å². The van der Waals surface area contributed by atoms with Gasteiger partial charge in [-0.25, -0.2) is 9.97 Å². The molecule has 0 radical (unpaired) electrons. The van der Waals surface area contributed by atoms with Crippen LogP contribution < -0.4 is 5.73 Å². The molecule has 0 saturated heterocycles. The number of rotatable bonds is 1. The van der Waals surface area contributed by atoms with Crippen molar-refractivity contribution in [3.63, 3.8) is 0 Å². The van der Waals surface area contributed by atoms with Crippen molar-refractivity contribution in [2.45, 2.75) is 20.8 Å². The molecule has 0 aliphatic heterocycles. The Morgan fingerprint density at radius 2 is 1.81 bits per heavy atom. The largest absolute Gasteiger partial charge is 0.383 e. The Kier molecular flexibility index (Phi) is 3.53. The van der Waals surface area contributed by atoms with Crippen molar-refractivity contribution in [2.24, 2.45) is 0 Å². The van der Waals surface area contributed by atoms with Crippen molar-refractivity contribution < 1.29 is 0 Å². The molecule has 2 aromatic heterocycles. The zero-order chi connectivity index (χ0) is 15.3. The summed E-state index contributed by atoms with van der Waals surface area (Å²) in [5.74, 6) is 1.20. The van der Waals surface area contributed by atoms with E-state index in [0.29, 0.717) is 11.6 Å². The first-order chi connectivity index (χ1) is 9.90. The van der Waals surface area contributed by atoms with Crippen molar-refractivity contribution in [2.75, 3.05) is 5.73 Å². The number of aryl methyl sites for hydroxylation is 2. The van der Waals surface area contributed by atoms with Gasteiger partial charge in [0.2, 0.25) is 0 Å². The van der Waals surface area contributed by atoms with Crippen LogP contribution in [0.5, 0.6) is 0 Å². The summed E-state index contributed by atoms with van der Waals surface area (Å²) in [7, 11) is 0. The average Bonchev–Trinajstić information content (AvgIpc) is 2.65. The Labute approximate surface area is 139 Å². The Morgan fingerprint density at radius 1 is 1.10 bits per heavy atom. The molecule has 4 nitrogen and oxygen atoms in total. The molecule has 0 amide bonds. The van der Waals surface area contributed by atoms with Gasteiger partial charge in [-0.2, -0.15) is 0 Å². The lowest BCUT2D eigenvalue weighted by atomic mass is 10.2. The van der Waals surface area contributed by atoms with Gasteiger partial charge in [-0.3, -0.25) is 4.57 Å². The summed E-state index contributed by atoms with van der Waals surface area (Å²) in [4.78, 5) is 8.88. The molecule has 3 rings (SSSR count). The monoisotopic (exact) mass is 408 g/mol. The molecule has 2 heterocycles. The van der Waals surface area contributed by atoms with Crippen molar-refractivity contribution >= 4 is 48.7 Å². The number of fused-ring (bicyclic) bond motifs is 1. The van der Waals surface area contributed by atoms with Crippen LogP contribution in [-0.2, 0) is 0 Å². The molecule has 0 aliphatic rings. The molecule has 108 valence electrons.